The Hall–Kier alpha value is -2.38. The highest BCUT2D eigenvalue weighted by Crippen LogP contribution is 2.39. The van der Waals surface area contributed by atoms with Gasteiger partial charge >= 0.3 is 0 Å². The summed E-state index contributed by atoms with van der Waals surface area (Å²) in [6, 6.07) is 7.71. The molecule has 0 spiro atoms. The van der Waals surface area contributed by atoms with Crippen molar-refractivity contribution in [3.05, 3.63) is 39.5 Å². The summed E-state index contributed by atoms with van der Waals surface area (Å²) in [5.74, 6) is 0.159. The van der Waals surface area contributed by atoms with Crippen molar-refractivity contribution in [2.45, 2.75) is 26.7 Å². The zero-order chi connectivity index (χ0) is 20.1. The predicted molar refractivity (Wildman–Crippen MR) is 114 cm³/mol. The summed E-state index contributed by atoms with van der Waals surface area (Å²) in [6.07, 6.45) is 1.90. The molecule has 0 bridgehead atoms. The van der Waals surface area contributed by atoms with Gasteiger partial charge in [0.05, 0.1) is 16.8 Å². The van der Waals surface area contributed by atoms with E-state index in [4.69, 9.17) is 9.47 Å². The molecule has 28 heavy (non-hydrogen) atoms. The van der Waals surface area contributed by atoms with Crippen molar-refractivity contribution in [2.24, 2.45) is 7.05 Å². The lowest BCUT2D eigenvalue weighted by Gasteiger charge is -2.10. The van der Waals surface area contributed by atoms with E-state index in [1.165, 1.54) is 11.3 Å². The number of para-hydroxylation sites is 1. The SMILES string of the molecule is CCCCNC(=O)c1sc2c(c1OCCOCC)c(=O)n(C)c1ccccc21. The van der Waals surface area contributed by atoms with Gasteiger partial charge in [0.2, 0.25) is 0 Å². The van der Waals surface area contributed by atoms with E-state index in [2.05, 4.69) is 12.2 Å². The minimum absolute atomic E-state index is 0.163. The summed E-state index contributed by atoms with van der Waals surface area (Å²) >= 11 is 1.32. The van der Waals surface area contributed by atoms with E-state index >= 15 is 0 Å². The van der Waals surface area contributed by atoms with Crippen LogP contribution in [0.3, 0.4) is 0 Å². The molecule has 0 fully saturated rings. The van der Waals surface area contributed by atoms with Gasteiger partial charge in [0, 0.05) is 25.6 Å². The number of rotatable bonds is 9. The number of nitrogens with one attached hydrogen (secondary N) is 1. The van der Waals surface area contributed by atoms with Crippen molar-refractivity contribution in [1.29, 1.82) is 0 Å². The van der Waals surface area contributed by atoms with Crippen LogP contribution in [-0.4, -0.2) is 36.8 Å². The summed E-state index contributed by atoms with van der Waals surface area (Å²) in [5, 5.41) is 4.33. The van der Waals surface area contributed by atoms with Crippen LogP contribution in [0.4, 0.5) is 0 Å². The van der Waals surface area contributed by atoms with Gasteiger partial charge in [-0.25, -0.2) is 0 Å². The van der Waals surface area contributed by atoms with Crippen molar-refractivity contribution in [2.75, 3.05) is 26.4 Å². The number of fused-ring (bicyclic) bond motifs is 3. The van der Waals surface area contributed by atoms with E-state index in [1.807, 2.05) is 31.2 Å². The smallest absolute Gasteiger partial charge is 0.265 e. The number of thiophene rings is 1. The Balaban J connectivity index is 2.14. The molecule has 6 nitrogen and oxygen atoms in total. The molecule has 0 saturated heterocycles. The fraction of sp³-hybridized carbons (Fsp3) is 0.429. The highest BCUT2D eigenvalue weighted by Gasteiger charge is 2.24. The van der Waals surface area contributed by atoms with Gasteiger partial charge in [-0.2, -0.15) is 0 Å². The molecular weight excluding hydrogens is 376 g/mol. The first-order valence-electron chi connectivity index (χ1n) is 9.63. The maximum absolute atomic E-state index is 13.1. The monoisotopic (exact) mass is 402 g/mol. The number of amides is 1. The van der Waals surface area contributed by atoms with E-state index in [0.717, 1.165) is 28.4 Å². The van der Waals surface area contributed by atoms with Gasteiger partial charge in [-0.1, -0.05) is 31.5 Å². The van der Waals surface area contributed by atoms with Crippen molar-refractivity contribution >= 4 is 38.2 Å². The molecule has 0 saturated carbocycles. The average Bonchev–Trinajstić information content (AvgIpc) is 3.09. The fourth-order valence-electron chi connectivity index (χ4n) is 3.13. The number of pyridine rings is 1. The van der Waals surface area contributed by atoms with E-state index in [0.29, 0.717) is 35.8 Å². The second-order valence-corrected chi connectivity index (χ2v) is 7.52. The van der Waals surface area contributed by atoms with E-state index in [-0.39, 0.29) is 18.1 Å². The number of ether oxygens (including phenoxy) is 2. The zero-order valence-corrected chi connectivity index (χ0v) is 17.4. The first-order chi connectivity index (χ1) is 13.6. The second-order valence-electron chi connectivity index (χ2n) is 6.50. The van der Waals surface area contributed by atoms with Crippen molar-refractivity contribution in [1.82, 2.24) is 9.88 Å². The Labute approximate surface area is 168 Å². The lowest BCUT2D eigenvalue weighted by molar-refractivity contribution is 0.0942. The zero-order valence-electron chi connectivity index (χ0n) is 16.5. The topological polar surface area (TPSA) is 69.6 Å². The molecule has 3 rings (SSSR count). The molecule has 0 aliphatic heterocycles. The highest BCUT2D eigenvalue weighted by molar-refractivity contribution is 7.22. The first-order valence-corrected chi connectivity index (χ1v) is 10.4. The molecule has 0 unspecified atom stereocenters. The molecule has 1 aromatic carbocycles. The third-order valence-electron chi connectivity index (χ3n) is 4.59. The van der Waals surface area contributed by atoms with E-state index in [9.17, 15) is 9.59 Å². The van der Waals surface area contributed by atoms with Crippen molar-refractivity contribution in [3.63, 3.8) is 0 Å². The van der Waals surface area contributed by atoms with Gasteiger partial charge in [-0.05, 0) is 19.4 Å². The number of carbonyl (C=O) groups excluding carboxylic acids is 1. The number of benzene rings is 1. The minimum atomic E-state index is -0.202. The second kappa shape index (κ2) is 9.21. The molecule has 0 aliphatic carbocycles. The van der Waals surface area contributed by atoms with Gasteiger partial charge in [0.25, 0.3) is 11.5 Å². The fourth-order valence-corrected chi connectivity index (χ4v) is 4.32. The Morgan fingerprint density at radius 1 is 1.21 bits per heavy atom. The lowest BCUT2D eigenvalue weighted by Crippen LogP contribution is -2.24. The van der Waals surface area contributed by atoms with Crippen LogP contribution < -0.4 is 15.6 Å². The molecule has 1 amide bonds. The Bertz CT molecular complexity index is 1040. The molecule has 0 atom stereocenters. The van der Waals surface area contributed by atoms with Crippen LogP contribution in [0, 0.1) is 0 Å². The Morgan fingerprint density at radius 2 is 2.00 bits per heavy atom. The number of hydrogen-bond acceptors (Lipinski definition) is 5. The van der Waals surface area contributed by atoms with Gasteiger partial charge in [0.1, 0.15) is 16.9 Å². The maximum atomic E-state index is 13.1. The molecular formula is C21H26N2O4S. The third kappa shape index (κ3) is 3.91. The van der Waals surface area contributed by atoms with Crippen LogP contribution in [-0.2, 0) is 11.8 Å². The number of carbonyl (C=O) groups is 1. The number of aromatic nitrogens is 1. The van der Waals surface area contributed by atoms with Crippen LogP contribution in [0.2, 0.25) is 0 Å². The van der Waals surface area contributed by atoms with Gasteiger partial charge in [0.15, 0.2) is 5.75 Å². The van der Waals surface area contributed by atoms with Crippen LogP contribution in [0.15, 0.2) is 29.1 Å². The first kappa shape index (κ1) is 20.4. The van der Waals surface area contributed by atoms with E-state index < -0.39 is 0 Å². The summed E-state index contributed by atoms with van der Waals surface area (Å²) in [7, 11) is 1.74. The summed E-state index contributed by atoms with van der Waals surface area (Å²) < 4.78 is 13.7. The Morgan fingerprint density at radius 3 is 2.75 bits per heavy atom. The van der Waals surface area contributed by atoms with Gasteiger partial charge in [-0.15, -0.1) is 11.3 Å². The van der Waals surface area contributed by atoms with Gasteiger partial charge in [-0.3, -0.25) is 9.59 Å². The summed E-state index contributed by atoms with van der Waals surface area (Å²) in [5.41, 5.74) is 0.670. The average molecular weight is 403 g/mol. The normalized spacial score (nSPS) is 11.2. The molecule has 2 aromatic heterocycles. The van der Waals surface area contributed by atoms with E-state index in [1.54, 1.807) is 11.6 Å². The number of nitrogens with zero attached hydrogens (tertiary/aromatic N) is 1. The molecule has 0 aliphatic rings. The van der Waals surface area contributed by atoms with Crippen molar-refractivity contribution < 1.29 is 14.3 Å². The van der Waals surface area contributed by atoms with Gasteiger partial charge < -0.3 is 19.4 Å². The van der Waals surface area contributed by atoms with Crippen LogP contribution in [0.25, 0.3) is 21.0 Å². The molecule has 3 aromatic rings. The number of aryl methyl sites for hydroxylation is 1. The highest BCUT2D eigenvalue weighted by atomic mass is 32.1. The molecule has 2 heterocycles. The predicted octanol–water partition coefficient (Wildman–Crippen LogP) is 3.70. The van der Waals surface area contributed by atoms with Crippen LogP contribution >= 0.6 is 11.3 Å². The minimum Gasteiger partial charge on any atom is -0.489 e. The molecule has 150 valence electrons. The largest absolute Gasteiger partial charge is 0.489 e. The van der Waals surface area contributed by atoms with Crippen LogP contribution in [0.5, 0.6) is 5.75 Å². The molecule has 0 radical (unpaired) electrons. The Kier molecular flexibility index (Phi) is 6.70. The summed E-state index contributed by atoms with van der Waals surface area (Å²) in [4.78, 5) is 26.3. The summed E-state index contributed by atoms with van der Waals surface area (Å²) in [6.45, 7) is 5.85. The molecule has 1 N–H and O–H groups in total. The standard InChI is InChI=1S/C21H26N2O4S/c1-4-6-11-22-20(24)19-17(27-13-12-26-5-2)16-18(28-19)14-9-7-8-10-15(14)23(3)21(16)25/h7-10H,4-6,11-13H2,1-3H3,(H,22,24). The third-order valence-corrected chi connectivity index (χ3v) is 5.80. The lowest BCUT2D eigenvalue weighted by atomic mass is 10.1. The maximum Gasteiger partial charge on any atom is 0.265 e. The van der Waals surface area contributed by atoms with Crippen LogP contribution in [0.1, 0.15) is 36.4 Å². The quantitative estimate of drug-likeness (QED) is 0.554. The van der Waals surface area contributed by atoms with Crippen molar-refractivity contribution in [3.8, 4) is 5.75 Å². The molecule has 7 heteroatoms. The number of unbranched alkanes of at least 4 members (excludes halogenated alkanes) is 1. The number of hydrogen-bond donors (Lipinski definition) is 1.